The molecule has 0 atom stereocenters. The number of methoxy groups -OCH3 is 1. The molecule has 6 heteroatoms. The first-order chi connectivity index (χ1) is 7.56. The maximum absolute atomic E-state index is 11.7. The molecule has 16 heavy (non-hydrogen) atoms. The molecule has 0 bridgehead atoms. The summed E-state index contributed by atoms with van der Waals surface area (Å²) in [5, 5.41) is 4.07. The predicted molar refractivity (Wildman–Crippen MR) is 63.2 cm³/mol. The lowest BCUT2D eigenvalue weighted by Gasteiger charge is -2.10. The van der Waals surface area contributed by atoms with Gasteiger partial charge in [-0.1, -0.05) is 11.6 Å². The fourth-order valence-corrected chi connectivity index (χ4v) is 1.51. The normalized spacial score (nSPS) is 10.8. The summed E-state index contributed by atoms with van der Waals surface area (Å²) in [6, 6.07) is 0. The van der Waals surface area contributed by atoms with E-state index in [1.165, 1.54) is 18.0 Å². The van der Waals surface area contributed by atoms with E-state index in [0.717, 1.165) is 13.0 Å². The third-order valence-corrected chi connectivity index (χ3v) is 2.50. The number of halogens is 1. The lowest BCUT2D eigenvalue weighted by molar-refractivity contribution is 0.373. The van der Waals surface area contributed by atoms with E-state index in [-0.39, 0.29) is 10.6 Å². The second-order valence-electron chi connectivity index (χ2n) is 3.71. The molecule has 0 fully saturated rings. The number of aromatic nitrogens is 2. The molecule has 0 saturated carbocycles. The standard InChI is InChI=1S/C10H16ClN3O2/c1-13(2)5-4-6-14-10(15)9(11)8(16-3)7-12-14/h7H,4-6H2,1-3H3. The van der Waals surface area contributed by atoms with E-state index in [1.807, 2.05) is 14.1 Å². The van der Waals surface area contributed by atoms with Gasteiger partial charge in [-0.25, -0.2) is 4.68 Å². The molecular formula is C10H16ClN3O2. The number of aryl methyl sites for hydroxylation is 1. The maximum Gasteiger partial charge on any atom is 0.289 e. The molecule has 1 heterocycles. The number of rotatable bonds is 5. The monoisotopic (exact) mass is 245 g/mol. The molecule has 0 spiro atoms. The Bertz CT molecular complexity index is 404. The van der Waals surface area contributed by atoms with Crippen LogP contribution in [0.15, 0.2) is 11.0 Å². The van der Waals surface area contributed by atoms with Crippen LogP contribution < -0.4 is 10.3 Å². The summed E-state index contributed by atoms with van der Waals surface area (Å²) in [5.41, 5.74) is -0.306. The molecule has 0 radical (unpaired) electrons. The molecule has 0 aromatic carbocycles. The maximum atomic E-state index is 11.7. The molecule has 1 aromatic rings. The molecule has 5 nitrogen and oxygen atoms in total. The van der Waals surface area contributed by atoms with Gasteiger partial charge < -0.3 is 9.64 Å². The van der Waals surface area contributed by atoms with Crippen molar-refractivity contribution in [2.24, 2.45) is 0 Å². The van der Waals surface area contributed by atoms with Gasteiger partial charge in [0.2, 0.25) is 0 Å². The zero-order valence-electron chi connectivity index (χ0n) is 9.73. The number of hydrogen-bond donors (Lipinski definition) is 0. The molecule has 0 N–H and O–H groups in total. The number of ether oxygens (including phenoxy) is 1. The Kier molecular flexibility index (Phi) is 4.76. The van der Waals surface area contributed by atoms with Crippen molar-refractivity contribution < 1.29 is 4.74 Å². The molecule has 0 saturated heterocycles. The molecule has 0 aliphatic carbocycles. The SMILES string of the molecule is COc1cnn(CCCN(C)C)c(=O)c1Cl. The molecule has 0 unspecified atom stereocenters. The second kappa shape index (κ2) is 5.86. The van der Waals surface area contributed by atoms with Gasteiger partial charge in [0.05, 0.1) is 13.3 Å². The summed E-state index contributed by atoms with van der Waals surface area (Å²) < 4.78 is 6.26. The van der Waals surface area contributed by atoms with Crippen molar-refractivity contribution in [2.45, 2.75) is 13.0 Å². The Hall–Kier alpha value is -1.07. The average Bonchev–Trinajstić information content (AvgIpc) is 2.24. The smallest absolute Gasteiger partial charge is 0.289 e. The first kappa shape index (κ1) is 13.0. The highest BCUT2D eigenvalue weighted by Crippen LogP contribution is 2.16. The predicted octanol–water partition coefficient (Wildman–Crippen LogP) is 0.857. The van der Waals surface area contributed by atoms with Crippen molar-refractivity contribution in [1.82, 2.24) is 14.7 Å². The van der Waals surface area contributed by atoms with Crippen molar-refractivity contribution in [3.05, 3.63) is 21.6 Å². The van der Waals surface area contributed by atoms with Gasteiger partial charge in [-0.2, -0.15) is 5.10 Å². The van der Waals surface area contributed by atoms with Crippen molar-refractivity contribution in [2.75, 3.05) is 27.7 Å². The van der Waals surface area contributed by atoms with Crippen LogP contribution in [-0.2, 0) is 6.54 Å². The van der Waals surface area contributed by atoms with Crippen molar-refractivity contribution in [1.29, 1.82) is 0 Å². The Labute approximate surface area is 99.6 Å². The summed E-state index contributed by atoms with van der Waals surface area (Å²) in [6.45, 7) is 1.46. The highest BCUT2D eigenvalue weighted by molar-refractivity contribution is 6.31. The van der Waals surface area contributed by atoms with Crippen LogP contribution in [0, 0.1) is 0 Å². The second-order valence-corrected chi connectivity index (χ2v) is 4.09. The Morgan fingerprint density at radius 1 is 1.56 bits per heavy atom. The zero-order valence-corrected chi connectivity index (χ0v) is 10.5. The highest BCUT2D eigenvalue weighted by atomic mass is 35.5. The number of hydrogen-bond acceptors (Lipinski definition) is 4. The summed E-state index contributed by atoms with van der Waals surface area (Å²) in [7, 11) is 5.42. The van der Waals surface area contributed by atoms with Crippen molar-refractivity contribution >= 4 is 11.6 Å². The molecule has 0 aliphatic rings. The van der Waals surface area contributed by atoms with E-state index in [9.17, 15) is 4.79 Å². The minimum atomic E-state index is -0.306. The lowest BCUT2D eigenvalue weighted by atomic mass is 10.4. The lowest BCUT2D eigenvalue weighted by Crippen LogP contribution is -2.25. The van der Waals surface area contributed by atoms with Crippen LogP contribution in [0.1, 0.15) is 6.42 Å². The van der Waals surface area contributed by atoms with Gasteiger partial charge in [-0.3, -0.25) is 4.79 Å². The Balaban J connectivity index is 2.75. The van der Waals surface area contributed by atoms with E-state index in [1.54, 1.807) is 0 Å². The third-order valence-electron chi connectivity index (χ3n) is 2.15. The molecular weight excluding hydrogens is 230 g/mol. The van der Waals surface area contributed by atoms with Crippen LogP contribution in [-0.4, -0.2) is 42.4 Å². The van der Waals surface area contributed by atoms with E-state index >= 15 is 0 Å². The van der Waals surface area contributed by atoms with E-state index in [0.29, 0.717) is 12.3 Å². The molecule has 0 amide bonds. The summed E-state index contributed by atoms with van der Waals surface area (Å²) in [4.78, 5) is 13.8. The van der Waals surface area contributed by atoms with Crippen LogP contribution >= 0.6 is 11.6 Å². The third kappa shape index (κ3) is 3.21. The minimum Gasteiger partial charge on any atom is -0.493 e. The van der Waals surface area contributed by atoms with Gasteiger partial charge >= 0.3 is 0 Å². The van der Waals surface area contributed by atoms with Gasteiger partial charge in [-0.15, -0.1) is 0 Å². The minimum absolute atomic E-state index is 0.0855. The first-order valence-electron chi connectivity index (χ1n) is 5.00. The molecule has 1 rings (SSSR count). The Morgan fingerprint density at radius 2 is 2.25 bits per heavy atom. The fraction of sp³-hybridized carbons (Fsp3) is 0.600. The average molecular weight is 246 g/mol. The van der Waals surface area contributed by atoms with Crippen LogP contribution in [0.25, 0.3) is 0 Å². The van der Waals surface area contributed by atoms with Gasteiger partial charge in [0.1, 0.15) is 0 Å². The summed E-state index contributed by atoms with van der Waals surface area (Å²) in [5.74, 6) is 0.315. The van der Waals surface area contributed by atoms with Crippen LogP contribution in [0.5, 0.6) is 5.75 Å². The summed E-state index contributed by atoms with van der Waals surface area (Å²) in [6.07, 6.45) is 2.31. The van der Waals surface area contributed by atoms with Crippen LogP contribution in [0.2, 0.25) is 5.02 Å². The van der Waals surface area contributed by atoms with E-state index in [2.05, 4.69) is 10.00 Å². The fourth-order valence-electron chi connectivity index (χ4n) is 1.29. The summed E-state index contributed by atoms with van der Waals surface area (Å²) >= 11 is 5.83. The molecule has 90 valence electrons. The zero-order chi connectivity index (χ0) is 12.1. The van der Waals surface area contributed by atoms with Gasteiger partial charge in [-0.05, 0) is 27.1 Å². The first-order valence-corrected chi connectivity index (χ1v) is 5.38. The van der Waals surface area contributed by atoms with Gasteiger partial charge in [0, 0.05) is 6.54 Å². The Morgan fingerprint density at radius 3 is 2.81 bits per heavy atom. The largest absolute Gasteiger partial charge is 0.493 e. The van der Waals surface area contributed by atoms with Crippen LogP contribution in [0.4, 0.5) is 0 Å². The molecule has 1 aromatic heterocycles. The van der Waals surface area contributed by atoms with E-state index < -0.39 is 0 Å². The number of nitrogens with zero attached hydrogens (tertiary/aromatic N) is 3. The van der Waals surface area contributed by atoms with Gasteiger partial charge in [0.25, 0.3) is 5.56 Å². The highest BCUT2D eigenvalue weighted by Gasteiger charge is 2.08. The van der Waals surface area contributed by atoms with E-state index in [4.69, 9.17) is 16.3 Å². The van der Waals surface area contributed by atoms with Crippen LogP contribution in [0.3, 0.4) is 0 Å². The van der Waals surface area contributed by atoms with Crippen molar-refractivity contribution in [3.8, 4) is 5.75 Å². The molecule has 0 aliphatic heterocycles. The van der Waals surface area contributed by atoms with Gasteiger partial charge in [0.15, 0.2) is 10.8 Å². The quantitative estimate of drug-likeness (QED) is 0.772. The topological polar surface area (TPSA) is 47.4 Å². The van der Waals surface area contributed by atoms with Crippen molar-refractivity contribution in [3.63, 3.8) is 0 Å².